The summed E-state index contributed by atoms with van der Waals surface area (Å²) >= 11 is 0. The highest BCUT2D eigenvalue weighted by molar-refractivity contribution is 5.69. The van der Waals surface area contributed by atoms with Gasteiger partial charge in [0.25, 0.3) is 0 Å². The average molecular weight is 609 g/mol. The number of hydrogen-bond donors (Lipinski definition) is 1. The fourth-order valence-electron chi connectivity index (χ4n) is 6.19. The summed E-state index contributed by atoms with van der Waals surface area (Å²) in [5.74, 6) is -0.691. The Morgan fingerprint density at radius 3 is 1.02 bits per heavy atom. The van der Waals surface area contributed by atoms with Crippen molar-refractivity contribution in [3.63, 3.8) is 0 Å². The number of aliphatic carboxylic acids is 1. The summed E-state index contributed by atoms with van der Waals surface area (Å²) in [7, 11) is 0. The van der Waals surface area contributed by atoms with E-state index >= 15 is 0 Å². The minimum atomic E-state index is -0.697. The van der Waals surface area contributed by atoms with Crippen LogP contribution in [0.4, 0.5) is 0 Å². The molecule has 0 spiro atoms. The van der Waals surface area contributed by atoms with E-state index in [1.807, 2.05) is 0 Å². The number of carbonyl (C=O) groups is 2. The third kappa shape index (κ3) is 35.3. The number of carboxylic acid groups (broad SMARTS) is 1. The molecule has 0 saturated carbocycles. The van der Waals surface area contributed by atoms with Gasteiger partial charge in [-0.25, -0.2) is 0 Å². The van der Waals surface area contributed by atoms with Crippen LogP contribution in [0, 0.1) is 0 Å². The molecule has 1 atom stereocenters. The monoisotopic (exact) mass is 609 g/mol. The molecule has 0 fully saturated rings. The minimum Gasteiger partial charge on any atom is -0.481 e. The lowest BCUT2D eigenvalue weighted by Gasteiger charge is -2.18. The van der Waals surface area contributed by atoms with E-state index in [1.54, 1.807) is 0 Å². The zero-order valence-electron chi connectivity index (χ0n) is 29.3. The fraction of sp³-hybridized carbons (Fsp3) is 0.949. The number of ether oxygens (including phenoxy) is 1. The minimum absolute atomic E-state index is 0.00546. The predicted octanol–water partition coefficient (Wildman–Crippen LogP) is 13.3. The molecule has 43 heavy (non-hydrogen) atoms. The van der Waals surface area contributed by atoms with Gasteiger partial charge in [0, 0.05) is 12.8 Å². The number of carboxylic acids is 1. The second kappa shape index (κ2) is 35.4. The molecule has 0 bridgehead atoms. The zero-order chi connectivity index (χ0) is 31.5. The van der Waals surface area contributed by atoms with E-state index in [1.165, 1.54) is 141 Å². The highest BCUT2D eigenvalue weighted by Gasteiger charge is 2.14. The van der Waals surface area contributed by atoms with Crippen LogP contribution in [0.5, 0.6) is 0 Å². The van der Waals surface area contributed by atoms with Gasteiger partial charge in [-0.1, -0.05) is 181 Å². The molecular formula is C39H76O4. The Kier molecular flexibility index (Phi) is 34.5. The maximum Gasteiger partial charge on any atom is 0.306 e. The summed E-state index contributed by atoms with van der Waals surface area (Å²) in [4.78, 5) is 23.3. The van der Waals surface area contributed by atoms with E-state index in [9.17, 15) is 9.59 Å². The lowest BCUT2D eigenvalue weighted by atomic mass is 10.0. The Bertz CT molecular complexity index is 576. The lowest BCUT2D eigenvalue weighted by molar-refractivity contribution is -0.150. The average Bonchev–Trinajstić information content (AvgIpc) is 2.99. The highest BCUT2D eigenvalue weighted by atomic mass is 16.5. The molecule has 0 saturated heterocycles. The Hall–Kier alpha value is -1.06. The van der Waals surface area contributed by atoms with Crippen LogP contribution in [-0.4, -0.2) is 23.1 Å². The quantitative estimate of drug-likeness (QED) is 0.0567. The van der Waals surface area contributed by atoms with Gasteiger partial charge in [0.1, 0.15) is 6.10 Å². The summed E-state index contributed by atoms with van der Waals surface area (Å²) < 4.78 is 5.99. The van der Waals surface area contributed by atoms with Crippen molar-refractivity contribution in [3.05, 3.63) is 0 Å². The van der Waals surface area contributed by atoms with Gasteiger partial charge < -0.3 is 9.84 Å². The molecule has 0 amide bonds. The van der Waals surface area contributed by atoms with Crippen LogP contribution < -0.4 is 0 Å². The van der Waals surface area contributed by atoms with Crippen molar-refractivity contribution in [1.82, 2.24) is 0 Å². The molecule has 0 aliphatic rings. The van der Waals surface area contributed by atoms with E-state index < -0.39 is 5.97 Å². The molecule has 0 aromatic carbocycles. The van der Waals surface area contributed by atoms with Crippen LogP contribution in [0.3, 0.4) is 0 Å². The van der Waals surface area contributed by atoms with Crippen LogP contribution in [0.15, 0.2) is 0 Å². The van der Waals surface area contributed by atoms with E-state index in [0.29, 0.717) is 6.42 Å². The first-order chi connectivity index (χ1) is 21.1. The molecule has 0 aromatic rings. The molecule has 0 radical (unpaired) electrons. The molecule has 0 aliphatic heterocycles. The number of esters is 1. The Morgan fingerprint density at radius 2 is 0.698 bits per heavy atom. The van der Waals surface area contributed by atoms with Crippen molar-refractivity contribution in [1.29, 1.82) is 0 Å². The standard InChI is InChI=1S/C39H76O4/c1-3-5-7-9-11-13-14-15-16-17-18-19-21-22-25-29-33-37(34-30-26-24-27-31-35-38(40)41)43-39(42)36-32-28-23-20-12-10-8-6-4-2/h37H,3-36H2,1-2H3,(H,40,41). The third-order valence-corrected chi connectivity index (χ3v) is 9.08. The molecule has 0 aliphatic carbocycles. The summed E-state index contributed by atoms with van der Waals surface area (Å²) in [6.07, 6.45) is 41.2. The second-order valence-electron chi connectivity index (χ2n) is 13.5. The molecular weight excluding hydrogens is 532 g/mol. The smallest absolute Gasteiger partial charge is 0.306 e. The summed E-state index contributed by atoms with van der Waals surface area (Å²) in [6.45, 7) is 4.55. The third-order valence-electron chi connectivity index (χ3n) is 9.08. The van der Waals surface area contributed by atoms with E-state index in [2.05, 4.69) is 13.8 Å². The molecule has 4 nitrogen and oxygen atoms in total. The summed E-state index contributed by atoms with van der Waals surface area (Å²) in [5.41, 5.74) is 0. The van der Waals surface area contributed by atoms with Crippen molar-refractivity contribution in [3.8, 4) is 0 Å². The molecule has 0 heterocycles. The van der Waals surface area contributed by atoms with Crippen LogP contribution in [0.2, 0.25) is 0 Å². The van der Waals surface area contributed by atoms with Crippen LogP contribution in [0.25, 0.3) is 0 Å². The van der Waals surface area contributed by atoms with Crippen molar-refractivity contribution >= 4 is 11.9 Å². The Balaban J connectivity index is 3.97. The maximum absolute atomic E-state index is 12.6. The molecule has 0 aromatic heterocycles. The largest absolute Gasteiger partial charge is 0.481 e. The van der Waals surface area contributed by atoms with E-state index in [0.717, 1.165) is 64.2 Å². The first-order valence-corrected chi connectivity index (χ1v) is 19.5. The molecule has 1 unspecified atom stereocenters. The van der Waals surface area contributed by atoms with E-state index in [4.69, 9.17) is 9.84 Å². The topological polar surface area (TPSA) is 63.6 Å². The molecule has 4 heteroatoms. The lowest BCUT2D eigenvalue weighted by Crippen LogP contribution is -2.18. The van der Waals surface area contributed by atoms with Crippen molar-refractivity contribution in [2.24, 2.45) is 0 Å². The highest BCUT2D eigenvalue weighted by Crippen LogP contribution is 2.19. The number of rotatable bonds is 36. The van der Waals surface area contributed by atoms with Crippen LogP contribution in [-0.2, 0) is 14.3 Å². The zero-order valence-corrected chi connectivity index (χ0v) is 29.3. The molecule has 256 valence electrons. The number of unbranched alkanes of at least 4 members (excludes halogenated alkanes) is 27. The van der Waals surface area contributed by atoms with Gasteiger partial charge in [-0.2, -0.15) is 0 Å². The van der Waals surface area contributed by atoms with Gasteiger partial charge >= 0.3 is 11.9 Å². The van der Waals surface area contributed by atoms with E-state index in [-0.39, 0.29) is 18.5 Å². The fourth-order valence-corrected chi connectivity index (χ4v) is 6.19. The van der Waals surface area contributed by atoms with Gasteiger partial charge in [0.05, 0.1) is 0 Å². The predicted molar refractivity (Wildman–Crippen MR) is 186 cm³/mol. The molecule has 0 rings (SSSR count). The van der Waals surface area contributed by atoms with Crippen LogP contribution >= 0.6 is 0 Å². The second-order valence-corrected chi connectivity index (χ2v) is 13.5. The van der Waals surface area contributed by atoms with Gasteiger partial charge in [-0.15, -0.1) is 0 Å². The van der Waals surface area contributed by atoms with Crippen molar-refractivity contribution < 1.29 is 19.4 Å². The Labute approximate surface area is 269 Å². The molecule has 1 N–H and O–H groups in total. The van der Waals surface area contributed by atoms with Crippen molar-refractivity contribution in [2.45, 2.75) is 238 Å². The maximum atomic E-state index is 12.6. The van der Waals surface area contributed by atoms with Gasteiger partial charge in [-0.05, 0) is 38.5 Å². The Morgan fingerprint density at radius 1 is 0.419 bits per heavy atom. The summed E-state index contributed by atoms with van der Waals surface area (Å²) in [5, 5.41) is 8.80. The van der Waals surface area contributed by atoms with Crippen molar-refractivity contribution in [2.75, 3.05) is 0 Å². The number of hydrogen-bond acceptors (Lipinski definition) is 3. The van der Waals surface area contributed by atoms with Gasteiger partial charge in [0.15, 0.2) is 0 Å². The first-order valence-electron chi connectivity index (χ1n) is 19.5. The SMILES string of the molecule is CCCCCCCCCCCCCCCCCCC(CCCCCCCC(=O)O)OC(=O)CCCCCCCCCCC. The number of carbonyl (C=O) groups excluding carboxylic acids is 1. The van der Waals surface area contributed by atoms with Gasteiger partial charge in [0.2, 0.25) is 0 Å². The first kappa shape index (κ1) is 41.9. The van der Waals surface area contributed by atoms with Gasteiger partial charge in [-0.3, -0.25) is 9.59 Å². The van der Waals surface area contributed by atoms with Crippen LogP contribution in [0.1, 0.15) is 232 Å². The summed E-state index contributed by atoms with van der Waals surface area (Å²) in [6, 6.07) is 0. The normalized spacial score (nSPS) is 12.0.